The molecule has 2 N–H and O–H groups in total. The van der Waals surface area contributed by atoms with Gasteiger partial charge in [-0.25, -0.2) is 0 Å². The number of nitrogens with one attached hydrogen (secondary N) is 2. The summed E-state index contributed by atoms with van der Waals surface area (Å²) in [5, 5.41) is 6.54. The van der Waals surface area contributed by atoms with Crippen LogP contribution in [-0.4, -0.2) is 63.8 Å². The standard InChI is InChI=1S/C12H26N4O.HI/c1-10(16(3)11-5-6-11)9-15-12(13-2)14-7-8-17-4;/h10-11H,5-9H2,1-4H3,(H2,13,14,15);1H. The second kappa shape index (κ2) is 9.80. The molecule has 1 aliphatic carbocycles. The summed E-state index contributed by atoms with van der Waals surface area (Å²) >= 11 is 0. The van der Waals surface area contributed by atoms with Crippen LogP contribution in [0.25, 0.3) is 0 Å². The zero-order valence-electron chi connectivity index (χ0n) is 11.9. The first-order chi connectivity index (χ1) is 8.19. The molecular weight excluding hydrogens is 343 g/mol. The van der Waals surface area contributed by atoms with Crippen LogP contribution < -0.4 is 10.6 Å². The van der Waals surface area contributed by atoms with E-state index in [4.69, 9.17) is 4.74 Å². The largest absolute Gasteiger partial charge is 0.383 e. The molecule has 1 saturated carbocycles. The van der Waals surface area contributed by atoms with E-state index in [2.05, 4.69) is 34.5 Å². The second-order valence-electron chi connectivity index (χ2n) is 4.62. The Kier molecular flexibility index (Phi) is 9.76. The van der Waals surface area contributed by atoms with Crippen molar-refractivity contribution in [3.8, 4) is 0 Å². The number of guanidine groups is 1. The van der Waals surface area contributed by atoms with Crippen LogP contribution >= 0.6 is 24.0 Å². The van der Waals surface area contributed by atoms with Crippen LogP contribution in [0.15, 0.2) is 4.99 Å². The van der Waals surface area contributed by atoms with Crippen LogP contribution in [0.3, 0.4) is 0 Å². The third-order valence-corrected chi connectivity index (χ3v) is 3.21. The first-order valence-electron chi connectivity index (χ1n) is 6.34. The van der Waals surface area contributed by atoms with Crippen LogP contribution in [0.5, 0.6) is 0 Å². The van der Waals surface area contributed by atoms with Crippen molar-refractivity contribution in [2.45, 2.75) is 31.8 Å². The molecule has 6 heteroatoms. The van der Waals surface area contributed by atoms with E-state index in [0.29, 0.717) is 12.6 Å². The average Bonchev–Trinajstić information content (AvgIpc) is 3.16. The molecule has 1 aliphatic rings. The van der Waals surface area contributed by atoms with Gasteiger partial charge >= 0.3 is 0 Å². The molecule has 0 saturated heterocycles. The van der Waals surface area contributed by atoms with Gasteiger partial charge in [0.1, 0.15) is 0 Å². The first-order valence-corrected chi connectivity index (χ1v) is 6.34. The van der Waals surface area contributed by atoms with Gasteiger partial charge in [-0.15, -0.1) is 24.0 Å². The lowest BCUT2D eigenvalue weighted by molar-refractivity contribution is 0.203. The summed E-state index contributed by atoms with van der Waals surface area (Å²) in [5.41, 5.74) is 0. The highest BCUT2D eigenvalue weighted by Gasteiger charge is 2.28. The average molecular weight is 370 g/mol. The topological polar surface area (TPSA) is 48.9 Å². The SMILES string of the molecule is CN=C(NCCOC)NCC(C)N(C)C1CC1.I. The summed E-state index contributed by atoms with van der Waals surface area (Å²) < 4.78 is 4.99. The van der Waals surface area contributed by atoms with E-state index in [1.807, 2.05) is 0 Å². The first kappa shape index (κ1) is 17.9. The molecule has 1 fully saturated rings. The predicted octanol–water partition coefficient (Wildman–Crippen LogP) is 0.899. The van der Waals surface area contributed by atoms with E-state index in [1.165, 1.54) is 12.8 Å². The number of hydrogen-bond donors (Lipinski definition) is 2. The molecular formula is C12H27IN4O. The molecule has 1 atom stereocenters. The van der Waals surface area contributed by atoms with Crippen molar-refractivity contribution >= 4 is 29.9 Å². The molecule has 0 aliphatic heterocycles. The Morgan fingerprint density at radius 3 is 2.61 bits per heavy atom. The van der Waals surface area contributed by atoms with E-state index in [9.17, 15) is 0 Å². The smallest absolute Gasteiger partial charge is 0.191 e. The van der Waals surface area contributed by atoms with Crippen LogP contribution in [0, 0.1) is 0 Å². The summed E-state index contributed by atoms with van der Waals surface area (Å²) in [6, 6.07) is 1.33. The maximum absolute atomic E-state index is 4.99. The minimum absolute atomic E-state index is 0. The summed E-state index contributed by atoms with van der Waals surface area (Å²) in [7, 11) is 5.69. The highest BCUT2D eigenvalue weighted by molar-refractivity contribution is 14.0. The molecule has 0 spiro atoms. The number of likely N-dealkylation sites (N-methyl/N-ethyl adjacent to an activating group) is 1. The lowest BCUT2D eigenvalue weighted by atomic mass is 10.3. The number of nitrogens with zero attached hydrogens (tertiary/aromatic N) is 2. The highest BCUT2D eigenvalue weighted by atomic mass is 127. The predicted molar refractivity (Wildman–Crippen MR) is 86.9 cm³/mol. The Labute approximate surface area is 128 Å². The second-order valence-corrected chi connectivity index (χ2v) is 4.62. The van der Waals surface area contributed by atoms with Gasteiger partial charge in [0.2, 0.25) is 0 Å². The van der Waals surface area contributed by atoms with E-state index >= 15 is 0 Å². The lowest BCUT2D eigenvalue weighted by Crippen LogP contribution is -2.46. The molecule has 0 amide bonds. The number of hydrogen-bond acceptors (Lipinski definition) is 3. The molecule has 0 heterocycles. The van der Waals surface area contributed by atoms with Crippen LogP contribution in [0.1, 0.15) is 19.8 Å². The number of aliphatic imine (C=N–C) groups is 1. The Hall–Kier alpha value is -0.0800. The fraction of sp³-hybridized carbons (Fsp3) is 0.917. The minimum Gasteiger partial charge on any atom is -0.383 e. The van der Waals surface area contributed by atoms with Crippen LogP contribution in [0.4, 0.5) is 0 Å². The van der Waals surface area contributed by atoms with Crippen molar-refractivity contribution in [3.63, 3.8) is 0 Å². The number of methoxy groups -OCH3 is 1. The molecule has 5 nitrogen and oxygen atoms in total. The van der Waals surface area contributed by atoms with E-state index in [1.54, 1.807) is 14.2 Å². The van der Waals surface area contributed by atoms with Gasteiger partial charge in [0.05, 0.1) is 6.61 Å². The summed E-state index contributed by atoms with van der Waals surface area (Å²) in [6.07, 6.45) is 2.70. The molecule has 1 unspecified atom stereocenters. The summed E-state index contributed by atoms with van der Waals surface area (Å²) in [4.78, 5) is 6.61. The Morgan fingerprint density at radius 2 is 2.11 bits per heavy atom. The van der Waals surface area contributed by atoms with Gasteiger partial charge in [-0.1, -0.05) is 0 Å². The maximum atomic E-state index is 4.99. The molecule has 1 rings (SSSR count). The number of rotatable bonds is 7. The quantitative estimate of drug-likeness (QED) is 0.303. The van der Waals surface area contributed by atoms with Crippen LogP contribution in [0.2, 0.25) is 0 Å². The van der Waals surface area contributed by atoms with Crippen LogP contribution in [-0.2, 0) is 4.74 Å². The zero-order chi connectivity index (χ0) is 12.7. The van der Waals surface area contributed by atoms with Crippen molar-refractivity contribution in [1.82, 2.24) is 15.5 Å². The monoisotopic (exact) mass is 370 g/mol. The zero-order valence-corrected chi connectivity index (χ0v) is 14.2. The molecule has 108 valence electrons. The van der Waals surface area contributed by atoms with Gasteiger partial charge in [-0.05, 0) is 26.8 Å². The summed E-state index contributed by atoms with van der Waals surface area (Å²) in [6.45, 7) is 4.63. The molecule has 0 aromatic rings. The molecule has 18 heavy (non-hydrogen) atoms. The van der Waals surface area contributed by atoms with E-state index in [-0.39, 0.29) is 24.0 Å². The fourth-order valence-electron chi connectivity index (χ4n) is 1.72. The maximum Gasteiger partial charge on any atom is 0.191 e. The van der Waals surface area contributed by atoms with Crippen molar-refractivity contribution < 1.29 is 4.74 Å². The van der Waals surface area contributed by atoms with E-state index < -0.39 is 0 Å². The van der Waals surface area contributed by atoms with Crippen molar-refractivity contribution in [3.05, 3.63) is 0 Å². The molecule has 0 aromatic heterocycles. The third-order valence-electron chi connectivity index (χ3n) is 3.21. The van der Waals surface area contributed by atoms with Gasteiger partial charge in [0.15, 0.2) is 5.96 Å². The van der Waals surface area contributed by atoms with Gasteiger partial charge < -0.3 is 15.4 Å². The Morgan fingerprint density at radius 1 is 1.44 bits per heavy atom. The summed E-state index contributed by atoms with van der Waals surface area (Å²) in [5.74, 6) is 0.845. The molecule has 0 aromatic carbocycles. The fourth-order valence-corrected chi connectivity index (χ4v) is 1.72. The molecule has 0 bridgehead atoms. The third kappa shape index (κ3) is 6.75. The Balaban J connectivity index is 0.00000289. The number of halogens is 1. The van der Waals surface area contributed by atoms with Gasteiger partial charge in [-0.3, -0.25) is 9.89 Å². The molecule has 0 radical (unpaired) electrons. The van der Waals surface area contributed by atoms with E-state index in [0.717, 1.165) is 25.1 Å². The normalized spacial score (nSPS) is 17.3. The van der Waals surface area contributed by atoms with Crippen molar-refractivity contribution in [2.75, 3.05) is 40.9 Å². The lowest BCUT2D eigenvalue weighted by Gasteiger charge is -2.25. The van der Waals surface area contributed by atoms with Crippen molar-refractivity contribution in [1.29, 1.82) is 0 Å². The van der Waals surface area contributed by atoms with Gasteiger partial charge in [-0.2, -0.15) is 0 Å². The van der Waals surface area contributed by atoms with Gasteiger partial charge in [0.25, 0.3) is 0 Å². The van der Waals surface area contributed by atoms with Crippen molar-refractivity contribution in [2.24, 2.45) is 4.99 Å². The van der Waals surface area contributed by atoms with Gasteiger partial charge in [0, 0.05) is 39.3 Å². The highest BCUT2D eigenvalue weighted by Crippen LogP contribution is 2.26. The Bertz CT molecular complexity index is 246. The number of ether oxygens (including phenoxy) is 1. The minimum atomic E-state index is 0.